The first-order valence-electron chi connectivity index (χ1n) is 7.92. The van der Waals surface area contributed by atoms with E-state index in [-0.39, 0.29) is 18.3 Å². The molecule has 2 heterocycles. The fourth-order valence-corrected chi connectivity index (χ4v) is 2.16. The molecule has 0 fully saturated rings. The van der Waals surface area contributed by atoms with Gasteiger partial charge in [0.25, 0.3) is 0 Å². The van der Waals surface area contributed by atoms with Crippen LogP contribution in [0, 0.1) is 5.82 Å². The molecule has 0 radical (unpaired) electrons. The minimum Gasteiger partial charge on any atom is -0.484 e. The highest BCUT2D eigenvalue weighted by Crippen LogP contribution is 2.22. The molecule has 1 amide bonds. The van der Waals surface area contributed by atoms with E-state index in [9.17, 15) is 9.18 Å². The number of amides is 1. The van der Waals surface area contributed by atoms with Crippen LogP contribution in [0.3, 0.4) is 0 Å². The molecule has 0 unspecified atom stereocenters. The summed E-state index contributed by atoms with van der Waals surface area (Å²) in [6.07, 6.45) is 7.92. The fourth-order valence-electron chi connectivity index (χ4n) is 2.16. The quantitative estimate of drug-likeness (QED) is 0.687. The van der Waals surface area contributed by atoms with Gasteiger partial charge in [0.1, 0.15) is 6.61 Å². The molecule has 1 N–H and O–H groups in total. The smallest absolute Gasteiger partial charge is 0.248 e. The number of hydrogen-bond acceptors (Lipinski definition) is 4. The molecule has 0 aliphatic rings. The Morgan fingerprint density at radius 1 is 1.15 bits per heavy atom. The van der Waals surface area contributed by atoms with Gasteiger partial charge in [-0.05, 0) is 42.0 Å². The number of aromatic nitrogens is 2. The molecule has 0 bridgehead atoms. The van der Waals surface area contributed by atoms with Gasteiger partial charge >= 0.3 is 0 Å². The number of carbonyl (C=O) groups excluding carboxylic acids is 1. The Balaban J connectivity index is 1.58. The fraction of sp³-hybridized carbons (Fsp3) is 0.0500. The van der Waals surface area contributed by atoms with Gasteiger partial charge in [-0.3, -0.25) is 14.8 Å². The number of nitrogens with one attached hydrogen (secondary N) is 1. The summed E-state index contributed by atoms with van der Waals surface area (Å²) in [7, 11) is 0. The van der Waals surface area contributed by atoms with Crippen molar-refractivity contribution in [2.24, 2.45) is 0 Å². The summed E-state index contributed by atoms with van der Waals surface area (Å²) in [6, 6.07) is 13.3. The second-order valence-electron chi connectivity index (χ2n) is 5.36. The van der Waals surface area contributed by atoms with Gasteiger partial charge in [0, 0.05) is 36.4 Å². The molecule has 1 aromatic carbocycles. The second-order valence-corrected chi connectivity index (χ2v) is 5.36. The molecular formula is C20H16FN3O2. The van der Waals surface area contributed by atoms with Crippen molar-refractivity contribution in [3.63, 3.8) is 0 Å². The molecule has 0 spiro atoms. The SMILES string of the molecule is O=C(C=Cc1cccnc1)Nc1ccc(OCc2ccccn2)c(F)c1. The zero-order chi connectivity index (χ0) is 18.2. The van der Waals surface area contributed by atoms with Gasteiger partial charge in [-0.2, -0.15) is 0 Å². The summed E-state index contributed by atoms with van der Waals surface area (Å²) in [5.41, 5.74) is 1.84. The van der Waals surface area contributed by atoms with E-state index >= 15 is 0 Å². The van der Waals surface area contributed by atoms with Crippen molar-refractivity contribution in [1.29, 1.82) is 0 Å². The van der Waals surface area contributed by atoms with E-state index in [0.717, 1.165) is 5.56 Å². The largest absolute Gasteiger partial charge is 0.484 e. The number of pyridine rings is 2. The van der Waals surface area contributed by atoms with Crippen LogP contribution in [0.4, 0.5) is 10.1 Å². The van der Waals surface area contributed by atoms with Crippen LogP contribution in [0.25, 0.3) is 6.08 Å². The first-order valence-corrected chi connectivity index (χ1v) is 7.92. The molecule has 26 heavy (non-hydrogen) atoms. The average molecular weight is 349 g/mol. The van der Waals surface area contributed by atoms with E-state index in [1.165, 1.54) is 18.2 Å². The van der Waals surface area contributed by atoms with E-state index < -0.39 is 5.82 Å². The minimum atomic E-state index is -0.560. The van der Waals surface area contributed by atoms with Crippen molar-refractivity contribution in [2.75, 3.05) is 5.32 Å². The van der Waals surface area contributed by atoms with Gasteiger partial charge in [0.2, 0.25) is 5.91 Å². The predicted octanol–water partition coefficient (Wildman–Crippen LogP) is 3.85. The Hall–Kier alpha value is -3.54. The van der Waals surface area contributed by atoms with Crippen LogP contribution in [0.15, 0.2) is 73.2 Å². The lowest BCUT2D eigenvalue weighted by Gasteiger charge is -2.08. The normalized spacial score (nSPS) is 10.7. The third-order valence-corrected chi connectivity index (χ3v) is 3.41. The number of ether oxygens (including phenoxy) is 1. The third kappa shape index (κ3) is 4.98. The molecule has 0 saturated carbocycles. The van der Waals surface area contributed by atoms with Crippen LogP contribution >= 0.6 is 0 Å². The van der Waals surface area contributed by atoms with Crippen molar-refractivity contribution in [2.45, 2.75) is 6.61 Å². The number of benzene rings is 1. The maximum Gasteiger partial charge on any atom is 0.248 e. The maximum atomic E-state index is 14.1. The van der Waals surface area contributed by atoms with Crippen LogP contribution in [-0.2, 0) is 11.4 Å². The lowest BCUT2D eigenvalue weighted by atomic mass is 10.2. The van der Waals surface area contributed by atoms with Crippen molar-refractivity contribution in [3.8, 4) is 5.75 Å². The summed E-state index contributed by atoms with van der Waals surface area (Å²) in [5, 5.41) is 2.60. The highest BCUT2D eigenvalue weighted by Gasteiger charge is 2.07. The summed E-state index contributed by atoms with van der Waals surface area (Å²) in [6.45, 7) is 0.164. The van der Waals surface area contributed by atoms with Crippen LogP contribution in [-0.4, -0.2) is 15.9 Å². The first-order chi connectivity index (χ1) is 12.7. The number of nitrogens with zero attached hydrogens (tertiary/aromatic N) is 2. The molecule has 0 atom stereocenters. The molecule has 3 aromatic rings. The zero-order valence-electron chi connectivity index (χ0n) is 13.8. The van der Waals surface area contributed by atoms with Gasteiger partial charge in [0.05, 0.1) is 5.69 Å². The van der Waals surface area contributed by atoms with Gasteiger partial charge in [-0.15, -0.1) is 0 Å². The molecule has 6 heteroatoms. The Labute approximate surface area is 150 Å². The summed E-state index contributed by atoms with van der Waals surface area (Å²) < 4.78 is 19.5. The predicted molar refractivity (Wildman–Crippen MR) is 96.9 cm³/mol. The molecular weight excluding hydrogens is 333 g/mol. The maximum absolute atomic E-state index is 14.1. The minimum absolute atomic E-state index is 0.0968. The monoisotopic (exact) mass is 349 g/mol. The Kier molecular flexibility index (Phi) is 5.67. The van der Waals surface area contributed by atoms with E-state index in [0.29, 0.717) is 11.4 Å². The van der Waals surface area contributed by atoms with Crippen molar-refractivity contribution < 1.29 is 13.9 Å². The van der Waals surface area contributed by atoms with Crippen molar-refractivity contribution in [1.82, 2.24) is 9.97 Å². The molecule has 5 nitrogen and oxygen atoms in total. The molecule has 0 aliphatic carbocycles. The number of carbonyl (C=O) groups is 1. The van der Waals surface area contributed by atoms with Crippen molar-refractivity contribution >= 4 is 17.7 Å². The third-order valence-electron chi connectivity index (χ3n) is 3.41. The number of rotatable bonds is 6. The van der Waals surface area contributed by atoms with E-state index in [2.05, 4.69) is 15.3 Å². The number of halogens is 1. The zero-order valence-corrected chi connectivity index (χ0v) is 13.8. The Morgan fingerprint density at radius 2 is 2.08 bits per heavy atom. The van der Waals surface area contributed by atoms with E-state index in [4.69, 9.17) is 4.74 Å². The van der Waals surface area contributed by atoms with E-state index in [1.54, 1.807) is 48.9 Å². The van der Waals surface area contributed by atoms with Crippen LogP contribution in [0.5, 0.6) is 5.75 Å². The van der Waals surface area contributed by atoms with Crippen molar-refractivity contribution in [3.05, 3.63) is 90.3 Å². The second kappa shape index (κ2) is 8.53. The summed E-state index contributed by atoms with van der Waals surface area (Å²) in [4.78, 5) is 20.0. The van der Waals surface area contributed by atoms with Crippen LogP contribution in [0.2, 0.25) is 0 Å². The van der Waals surface area contributed by atoms with Gasteiger partial charge in [0.15, 0.2) is 11.6 Å². The summed E-state index contributed by atoms with van der Waals surface area (Å²) in [5.74, 6) is -0.829. The topological polar surface area (TPSA) is 64.1 Å². The molecule has 3 rings (SSSR count). The lowest BCUT2D eigenvalue weighted by molar-refractivity contribution is -0.111. The molecule has 0 aliphatic heterocycles. The van der Waals surface area contributed by atoms with Crippen LogP contribution in [0.1, 0.15) is 11.3 Å². The van der Waals surface area contributed by atoms with Gasteiger partial charge < -0.3 is 10.1 Å². The van der Waals surface area contributed by atoms with E-state index in [1.807, 2.05) is 12.1 Å². The highest BCUT2D eigenvalue weighted by atomic mass is 19.1. The van der Waals surface area contributed by atoms with Gasteiger partial charge in [-0.1, -0.05) is 12.1 Å². The first kappa shape index (κ1) is 17.3. The molecule has 0 saturated heterocycles. The Bertz CT molecular complexity index is 899. The highest BCUT2D eigenvalue weighted by molar-refractivity contribution is 6.01. The van der Waals surface area contributed by atoms with Crippen LogP contribution < -0.4 is 10.1 Å². The van der Waals surface area contributed by atoms with Gasteiger partial charge in [-0.25, -0.2) is 4.39 Å². The standard InChI is InChI=1S/C20H16FN3O2/c21-18-12-16(24-20(25)9-6-15-4-3-10-22-13-15)7-8-19(18)26-14-17-5-1-2-11-23-17/h1-13H,14H2,(H,24,25). The number of hydrogen-bond donors (Lipinski definition) is 1. The Morgan fingerprint density at radius 3 is 2.81 bits per heavy atom. The molecule has 2 aromatic heterocycles. The lowest BCUT2D eigenvalue weighted by Crippen LogP contribution is -2.08. The number of anilines is 1. The molecule has 130 valence electrons. The average Bonchev–Trinajstić information content (AvgIpc) is 2.67. The summed E-state index contributed by atoms with van der Waals surface area (Å²) >= 11 is 0.